The number of hydrogen-bond donors (Lipinski definition) is 0. The fourth-order valence-corrected chi connectivity index (χ4v) is 2.84. The van der Waals surface area contributed by atoms with Gasteiger partial charge < -0.3 is 19.1 Å². The summed E-state index contributed by atoms with van der Waals surface area (Å²) in [7, 11) is 5.47. The van der Waals surface area contributed by atoms with Crippen LogP contribution >= 0.6 is 0 Å². The van der Waals surface area contributed by atoms with E-state index in [2.05, 4.69) is 9.88 Å². The Bertz CT molecular complexity index is 452. The third kappa shape index (κ3) is 4.28. The molecule has 2 heterocycles. The summed E-state index contributed by atoms with van der Waals surface area (Å²) in [6.45, 7) is 4.82. The van der Waals surface area contributed by atoms with Crippen LogP contribution in [0.2, 0.25) is 0 Å². The molecule has 1 amide bonds. The lowest BCUT2D eigenvalue weighted by Gasteiger charge is -2.33. The van der Waals surface area contributed by atoms with Crippen LogP contribution in [0.5, 0.6) is 0 Å². The second-order valence-electron chi connectivity index (χ2n) is 5.85. The average molecular weight is 294 g/mol. The van der Waals surface area contributed by atoms with E-state index in [1.165, 1.54) is 0 Å². The van der Waals surface area contributed by atoms with Crippen LogP contribution in [-0.4, -0.2) is 72.2 Å². The summed E-state index contributed by atoms with van der Waals surface area (Å²) in [5, 5.41) is 0. The molecule has 0 bridgehead atoms. The zero-order valence-corrected chi connectivity index (χ0v) is 13.3. The van der Waals surface area contributed by atoms with E-state index in [0.29, 0.717) is 11.6 Å². The molecule has 118 valence electrons. The number of carbonyl (C=O) groups is 1. The van der Waals surface area contributed by atoms with Gasteiger partial charge in [-0.3, -0.25) is 4.79 Å². The first-order chi connectivity index (χ1) is 10.1. The molecular weight excluding hydrogens is 268 g/mol. The van der Waals surface area contributed by atoms with Crippen LogP contribution in [0.15, 0.2) is 12.5 Å². The Balaban J connectivity index is 1.78. The van der Waals surface area contributed by atoms with Crippen LogP contribution < -0.4 is 0 Å². The molecule has 0 atom stereocenters. The fourth-order valence-electron chi connectivity index (χ4n) is 2.84. The average Bonchev–Trinajstić information content (AvgIpc) is 2.92. The highest BCUT2D eigenvalue weighted by atomic mass is 16.5. The van der Waals surface area contributed by atoms with Crippen LogP contribution in [0.3, 0.4) is 0 Å². The van der Waals surface area contributed by atoms with Crippen molar-refractivity contribution in [2.45, 2.75) is 12.8 Å². The van der Waals surface area contributed by atoms with Crippen molar-refractivity contribution in [3.8, 4) is 0 Å². The second kappa shape index (κ2) is 7.56. The molecule has 0 aromatic carbocycles. The number of ether oxygens (including phenoxy) is 1. The van der Waals surface area contributed by atoms with Gasteiger partial charge in [-0.2, -0.15) is 0 Å². The number of methoxy groups -OCH3 is 1. The predicted octanol–water partition coefficient (Wildman–Crippen LogP) is 0.850. The lowest BCUT2D eigenvalue weighted by molar-refractivity contribution is 0.0715. The van der Waals surface area contributed by atoms with Crippen molar-refractivity contribution in [2.75, 3.05) is 46.9 Å². The van der Waals surface area contributed by atoms with Crippen molar-refractivity contribution in [3.63, 3.8) is 0 Å². The number of aromatic nitrogens is 2. The lowest BCUT2D eigenvalue weighted by Crippen LogP contribution is -2.40. The summed E-state index contributed by atoms with van der Waals surface area (Å²) >= 11 is 0. The van der Waals surface area contributed by atoms with Gasteiger partial charge in [0.2, 0.25) is 0 Å². The molecule has 0 saturated carbocycles. The molecule has 2 rings (SSSR count). The lowest BCUT2D eigenvalue weighted by atomic mass is 9.96. The molecule has 0 aliphatic carbocycles. The van der Waals surface area contributed by atoms with Crippen molar-refractivity contribution in [1.82, 2.24) is 19.4 Å². The molecule has 0 spiro atoms. The van der Waals surface area contributed by atoms with E-state index in [1.807, 2.05) is 19.0 Å². The van der Waals surface area contributed by atoms with E-state index in [1.54, 1.807) is 24.2 Å². The van der Waals surface area contributed by atoms with Gasteiger partial charge in [0.05, 0.1) is 19.1 Å². The van der Waals surface area contributed by atoms with Crippen molar-refractivity contribution in [1.29, 1.82) is 0 Å². The van der Waals surface area contributed by atoms with Gasteiger partial charge in [-0.05, 0) is 31.8 Å². The Labute approximate surface area is 126 Å². The zero-order valence-electron chi connectivity index (χ0n) is 13.3. The summed E-state index contributed by atoms with van der Waals surface area (Å²) in [6, 6.07) is 0. The smallest absolute Gasteiger partial charge is 0.271 e. The predicted molar refractivity (Wildman–Crippen MR) is 81.2 cm³/mol. The normalized spacial score (nSPS) is 17.1. The van der Waals surface area contributed by atoms with Crippen molar-refractivity contribution < 1.29 is 9.53 Å². The van der Waals surface area contributed by atoms with E-state index in [-0.39, 0.29) is 5.91 Å². The zero-order chi connectivity index (χ0) is 15.2. The summed E-state index contributed by atoms with van der Waals surface area (Å²) in [5.41, 5.74) is 0.648. The van der Waals surface area contributed by atoms with E-state index in [9.17, 15) is 4.79 Å². The maximum absolute atomic E-state index is 12.3. The molecule has 1 fully saturated rings. The Kier molecular flexibility index (Phi) is 5.76. The topological polar surface area (TPSA) is 50.6 Å². The molecule has 1 saturated heterocycles. The minimum Gasteiger partial charge on any atom is -0.383 e. The molecule has 6 heteroatoms. The first-order valence-corrected chi connectivity index (χ1v) is 7.55. The number of carbonyl (C=O) groups excluding carboxylic acids is 1. The number of hydrogen-bond acceptors (Lipinski definition) is 4. The van der Waals surface area contributed by atoms with Crippen molar-refractivity contribution >= 4 is 5.91 Å². The number of rotatable bonds is 6. The summed E-state index contributed by atoms with van der Waals surface area (Å²) < 4.78 is 6.89. The molecule has 1 aliphatic heterocycles. The minimum atomic E-state index is 0.0526. The first kappa shape index (κ1) is 16.0. The highest BCUT2D eigenvalue weighted by Gasteiger charge is 2.23. The molecule has 0 unspecified atom stereocenters. The highest BCUT2D eigenvalue weighted by Crippen LogP contribution is 2.18. The first-order valence-electron chi connectivity index (χ1n) is 7.55. The van der Waals surface area contributed by atoms with Gasteiger partial charge in [0, 0.05) is 34.3 Å². The van der Waals surface area contributed by atoms with Gasteiger partial charge in [-0.25, -0.2) is 4.98 Å². The monoisotopic (exact) mass is 294 g/mol. The maximum Gasteiger partial charge on any atom is 0.271 e. The van der Waals surface area contributed by atoms with Crippen molar-refractivity contribution in [3.05, 3.63) is 18.2 Å². The Morgan fingerprint density at radius 1 is 1.48 bits per heavy atom. The largest absolute Gasteiger partial charge is 0.383 e. The van der Waals surface area contributed by atoms with Crippen LogP contribution in [0.4, 0.5) is 0 Å². The van der Waals surface area contributed by atoms with Crippen molar-refractivity contribution in [2.24, 2.45) is 13.0 Å². The maximum atomic E-state index is 12.3. The van der Waals surface area contributed by atoms with E-state index < -0.39 is 0 Å². The fraction of sp³-hybridized carbons (Fsp3) is 0.733. The molecule has 0 radical (unpaired) electrons. The van der Waals surface area contributed by atoms with Gasteiger partial charge in [-0.15, -0.1) is 0 Å². The van der Waals surface area contributed by atoms with E-state index in [4.69, 9.17) is 4.74 Å². The number of aryl methyl sites for hydroxylation is 1. The molecule has 1 aromatic heterocycles. The van der Waals surface area contributed by atoms with Gasteiger partial charge in [-0.1, -0.05) is 0 Å². The van der Waals surface area contributed by atoms with E-state index >= 15 is 0 Å². The quantitative estimate of drug-likeness (QED) is 0.780. The highest BCUT2D eigenvalue weighted by molar-refractivity contribution is 5.92. The van der Waals surface area contributed by atoms with Gasteiger partial charge in [0.1, 0.15) is 5.69 Å². The Morgan fingerprint density at radius 2 is 2.19 bits per heavy atom. The van der Waals surface area contributed by atoms with Gasteiger partial charge in [0.15, 0.2) is 0 Å². The molecule has 1 aliphatic rings. The number of nitrogens with zero attached hydrogens (tertiary/aromatic N) is 4. The van der Waals surface area contributed by atoms with Crippen LogP contribution in [-0.2, 0) is 11.8 Å². The van der Waals surface area contributed by atoms with Crippen LogP contribution in [0, 0.1) is 5.92 Å². The summed E-state index contributed by atoms with van der Waals surface area (Å²) in [5.74, 6) is 0.641. The second-order valence-corrected chi connectivity index (χ2v) is 5.85. The molecule has 21 heavy (non-hydrogen) atoms. The molecule has 1 aromatic rings. The molecular formula is C15H26N4O2. The third-order valence-corrected chi connectivity index (χ3v) is 4.23. The Morgan fingerprint density at radius 3 is 2.76 bits per heavy atom. The van der Waals surface area contributed by atoms with Gasteiger partial charge in [0.25, 0.3) is 5.91 Å². The Hall–Kier alpha value is -1.40. The minimum absolute atomic E-state index is 0.0526. The number of piperidine rings is 1. The van der Waals surface area contributed by atoms with Crippen LogP contribution in [0.1, 0.15) is 23.3 Å². The molecule has 6 nitrogen and oxygen atoms in total. The van der Waals surface area contributed by atoms with E-state index in [0.717, 1.165) is 45.6 Å². The number of likely N-dealkylation sites (tertiary alicyclic amines) is 1. The summed E-state index contributed by atoms with van der Waals surface area (Å²) in [6.07, 6.45) is 5.58. The van der Waals surface area contributed by atoms with Gasteiger partial charge >= 0.3 is 0 Å². The van der Waals surface area contributed by atoms with Crippen LogP contribution in [0.25, 0.3) is 0 Å². The third-order valence-electron chi connectivity index (χ3n) is 4.23. The number of imidazole rings is 1. The SMILES string of the molecule is COCCN1CCC(CN(C)C(=O)c2cncn2C)CC1. The standard InChI is InChI=1S/C15H26N4O2/c1-17(15(20)14-10-16-12-18(14)2)11-13-4-6-19(7-5-13)8-9-21-3/h10,12-13H,4-9,11H2,1-3H3. The summed E-state index contributed by atoms with van der Waals surface area (Å²) in [4.78, 5) is 20.6. The molecule has 0 N–H and O–H groups in total. The number of amides is 1.